The van der Waals surface area contributed by atoms with Crippen LogP contribution in [0.15, 0.2) is 64.5 Å². The summed E-state index contributed by atoms with van der Waals surface area (Å²) in [5, 5.41) is 3.34. The number of nitrogens with zero attached hydrogens (tertiary/aromatic N) is 3. The van der Waals surface area contributed by atoms with Crippen molar-refractivity contribution in [1.29, 1.82) is 0 Å². The second-order valence-corrected chi connectivity index (χ2v) is 11.7. The monoisotopic (exact) mass is 596 g/mol. The number of carbonyl (C=O) groups is 2. The molecule has 2 aromatic heterocycles. The summed E-state index contributed by atoms with van der Waals surface area (Å²) in [4.78, 5) is 43.4. The number of nitrogens with one attached hydrogen (secondary N) is 1. The molecule has 0 spiro atoms. The van der Waals surface area contributed by atoms with Gasteiger partial charge in [0.05, 0.1) is 30.6 Å². The van der Waals surface area contributed by atoms with E-state index in [0.717, 1.165) is 18.4 Å². The highest BCUT2D eigenvalue weighted by molar-refractivity contribution is 7.99. The maximum atomic E-state index is 13.7. The first-order chi connectivity index (χ1) is 19.4. The lowest BCUT2D eigenvalue weighted by Crippen LogP contribution is -2.29. The third-order valence-corrected chi connectivity index (χ3v) is 8.70. The molecule has 1 N–H and O–H groups in total. The molecule has 1 aliphatic heterocycles. The van der Waals surface area contributed by atoms with Gasteiger partial charge in [-0.15, -0.1) is 0 Å². The highest BCUT2D eigenvalue weighted by Crippen LogP contribution is 2.27. The molecule has 0 unspecified atom stereocenters. The van der Waals surface area contributed by atoms with Gasteiger partial charge in [-0.2, -0.15) is 0 Å². The van der Waals surface area contributed by atoms with Gasteiger partial charge in [0.1, 0.15) is 4.70 Å². The Hall–Kier alpha value is -3.32. The predicted octanol–water partition coefficient (Wildman–Crippen LogP) is 4.74. The number of thiazole rings is 1. The smallest absolute Gasteiger partial charge is 0.338 e. The number of rotatable bonds is 10. The molecule has 1 saturated heterocycles. The second-order valence-electron chi connectivity index (χ2n) is 9.12. The number of amides is 1. The molecular formula is C28H28N4O5S3. The minimum Gasteiger partial charge on any atom is -0.462 e. The van der Waals surface area contributed by atoms with Crippen LogP contribution in [-0.2, 0) is 27.4 Å². The number of aromatic nitrogens is 3. The van der Waals surface area contributed by atoms with Gasteiger partial charge in [-0.25, -0.2) is 9.78 Å². The number of ether oxygens (including phenoxy) is 2. The van der Waals surface area contributed by atoms with E-state index in [2.05, 4.69) is 5.32 Å². The summed E-state index contributed by atoms with van der Waals surface area (Å²) in [6.07, 6.45) is 1.71. The highest BCUT2D eigenvalue weighted by Gasteiger charge is 2.23. The molecule has 12 heteroatoms. The number of esters is 1. The van der Waals surface area contributed by atoms with Crippen molar-refractivity contribution < 1.29 is 19.1 Å². The van der Waals surface area contributed by atoms with Crippen molar-refractivity contribution in [2.45, 2.75) is 44.1 Å². The van der Waals surface area contributed by atoms with Gasteiger partial charge in [-0.1, -0.05) is 53.4 Å². The summed E-state index contributed by atoms with van der Waals surface area (Å²) >= 11 is 8.04. The van der Waals surface area contributed by atoms with Crippen LogP contribution >= 0.6 is 35.3 Å². The second kappa shape index (κ2) is 12.9. The summed E-state index contributed by atoms with van der Waals surface area (Å²) in [6, 6.07) is 16.5. The zero-order valence-electron chi connectivity index (χ0n) is 21.8. The van der Waals surface area contributed by atoms with E-state index >= 15 is 0 Å². The topological polar surface area (TPSA) is 104 Å². The first-order valence-corrected chi connectivity index (χ1v) is 15.1. The highest BCUT2D eigenvalue weighted by atomic mass is 32.2. The molecule has 2 aromatic carbocycles. The Bertz CT molecular complexity index is 1620. The van der Waals surface area contributed by atoms with Crippen LogP contribution in [0.3, 0.4) is 0 Å². The fourth-order valence-corrected chi connectivity index (χ4v) is 6.55. The van der Waals surface area contributed by atoms with Crippen LogP contribution < -0.4 is 10.9 Å². The fraction of sp³-hybridized carbons (Fsp3) is 0.321. The van der Waals surface area contributed by atoms with Crippen LogP contribution in [0.5, 0.6) is 0 Å². The third kappa shape index (κ3) is 6.35. The summed E-state index contributed by atoms with van der Waals surface area (Å²) in [5.41, 5.74) is 2.29. The quantitative estimate of drug-likeness (QED) is 0.121. The van der Waals surface area contributed by atoms with E-state index in [1.54, 1.807) is 40.3 Å². The number of benzene rings is 2. The first kappa shape index (κ1) is 28.2. The third-order valence-electron chi connectivity index (χ3n) is 6.37. The molecule has 208 valence electrons. The molecule has 40 heavy (non-hydrogen) atoms. The summed E-state index contributed by atoms with van der Waals surface area (Å²) < 4.78 is 15.1. The zero-order valence-corrected chi connectivity index (χ0v) is 24.3. The molecule has 0 radical (unpaired) electrons. The number of fused-ring (bicyclic) bond motifs is 1. The predicted molar refractivity (Wildman–Crippen MR) is 158 cm³/mol. The molecular weight excluding hydrogens is 569 g/mol. The average molecular weight is 597 g/mol. The minimum atomic E-state index is -0.410. The minimum absolute atomic E-state index is 0.0892. The molecule has 1 aliphatic rings. The van der Waals surface area contributed by atoms with E-state index in [1.807, 2.05) is 30.3 Å². The molecule has 1 amide bonds. The molecule has 1 fully saturated rings. The lowest BCUT2D eigenvalue weighted by molar-refractivity contribution is -0.118. The van der Waals surface area contributed by atoms with Gasteiger partial charge < -0.3 is 14.8 Å². The summed E-state index contributed by atoms with van der Waals surface area (Å²) in [6.45, 7) is 3.47. The summed E-state index contributed by atoms with van der Waals surface area (Å²) in [7, 11) is 0. The Balaban J connectivity index is 1.46. The van der Waals surface area contributed by atoms with E-state index < -0.39 is 5.97 Å². The van der Waals surface area contributed by atoms with Gasteiger partial charge in [0.2, 0.25) is 5.91 Å². The Morgan fingerprint density at radius 3 is 2.67 bits per heavy atom. The lowest BCUT2D eigenvalue weighted by Gasteiger charge is -2.16. The van der Waals surface area contributed by atoms with Gasteiger partial charge >= 0.3 is 5.97 Å². The molecule has 3 heterocycles. The number of hydrogen-bond donors (Lipinski definition) is 1. The Labute approximate surface area is 244 Å². The van der Waals surface area contributed by atoms with Gasteiger partial charge in [0.15, 0.2) is 14.8 Å². The lowest BCUT2D eigenvalue weighted by atomic mass is 10.2. The van der Waals surface area contributed by atoms with Crippen molar-refractivity contribution in [2.24, 2.45) is 0 Å². The molecule has 1 atom stereocenters. The van der Waals surface area contributed by atoms with E-state index in [-0.39, 0.29) is 29.9 Å². The SMILES string of the molecule is CCOC(=O)c1ccc(-n2c(=S)sc3c(=O)n(C[C@@H]4CCCO4)c(SCC(=O)NCc4ccccc4)nc32)cc1. The Morgan fingerprint density at radius 1 is 1.20 bits per heavy atom. The fourth-order valence-electron chi connectivity index (χ4n) is 4.40. The molecule has 9 nitrogen and oxygen atoms in total. The van der Waals surface area contributed by atoms with E-state index in [1.165, 1.54) is 23.1 Å². The molecule has 0 saturated carbocycles. The Kier molecular flexibility index (Phi) is 9.10. The first-order valence-electron chi connectivity index (χ1n) is 12.9. The van der Waals surface area contributed by atoms with Crippen molar-refractivity contribution in [2.75, 3.05) is 19.0 Å². The molecule has 0 bridgehead atoms. The van der Waals surface area contributed by atoms with Crippen molar-refractivity contribution in [3.8, 4) is 5.69 Å². The van der Waals surface area contributed by atoms with E-state index in [4.69, 9.17) is 26.7 Å². The van der Waals surface area contributed by atoms with E-state index in [0.29, 0.717) is 50.4 Å². The zero-order chi connectivity index (χ0) is 28.1. The largest absolute Gasteiger partial charge is 0.462 e. The van der Waals surface area contributed by atoms with Crippen LogP contribution in [-0.4, -0.2) is 51.1 Å². The van der Waals surface area contributed by atoms with Gasteiger partial charge in [-0.05, 0) is 61.8 Å². The molecule has 4 aromatic rings. The van der Waals surface area contributed by atoms with Crippen molar-refractivity contribution in [3.63, 3.8) is 0 Å². The molecule has 0 aliphatic carbocycles. The maximum absolute atomic E-state index is 13.7. The normalized spacial score (nSPS) is 14.9. The van der Waals surface area contributed by atoms with Crippen LogP contribution in [0.1, 0.15) is 35.7 Å². The summed E-state index contributed by atoms with van der Waals surface area (Å²) in [5.74, 6) is -0.481. The van der Waals surface area contributed by atoms with Crippen LogP contribution in [0, 0.1) is 3.95 Å². The van der Waals surface area contributed by atoms with Gasteiger partial charge in [0, 0.05) is 18.8 Å². The maximum Gasteiger partial charge on any atom is 0.338 e. The standard InChI is InChI=1S/C28H28N4O5S3/c1-2-36-26(35)19-10-12-20(13-11-19)32-24-23(40-28(32)38)25(34)31(16-21-9-6-14-37-21)27(30-24)39-17-22(33)29-15-18-7-4-3-5-8-18/h3-5,7-8,10-13,21H,2,6,9,14-17H2,1H3,(H,29,33)/t21-/m0/s1. The molecule has 5 rings (SSSR count). The van der Waals surface area contributed by atoms with Crippen molar-refractivity contribution in [3.05, 3.63) is 80.0 Å². The average Bonchev–Trinajstić information content (AvgIpc) is 3.60. The Morgan fingerprint density at radius 2 is 1.98 bits per heavy atom. The van der Waals surface area contributed by atoms with Gasteiger partial charge in [-0.3, -0.25) is 18.7 Å². The number of carbonyl (C=O) groups excluding carboxylic acids is 2. The van der Waals surface area contributed by atoms with E-state index in [9.17, 15) is 14.4 Å². The van der Waals surface area contributed by atoms with Crippen LogP contribution in [0.4, 0.5) is 0 Å². The number of thioether (sulfide) groups is 1. The number of hydrogen-bond acceptors (Lipinski definition) is 9. The van der Waals surface area contributed by atoms with Crippen molar-refractivity contribution in [1.82, 2.24) is 19.4 Å². The van der Waals surface area contributed by atoms with Crippen molar-refractivity contribution >= 4 is 57.5 Å². The van der Waals surface area contributed by atoms with Crippen LogP contribution in [0.25, 0.3) is 16.0 Å². The van der Waals surface area contributed by atoms with Gasteiger partial charge in [0.25, 0.3) is 5.56 Å². The van der Waals surface area contributed by atoms with Crippen LogP contribution in [0.2, 0.25) is 0 Å².